The van der Waals surface area contributed by atoms with Crippen LogP contribution in [-0.4, -0.2) is 14.8 Å². The molecule has 0 aliphatic carbocycles. The number of benzene rings is 2. The summed E-state index contributed by atoms with van der Waals surface area (Å²) in [7, 11) is 0. The molecule has 2 aromatic heterocycles. The zero-order valence-corrected chi connectivity index (χ0v) is 17.0. The zero-order valence-electron chi connectivity index (χ0n) is 15.4. The van der Waals surface area contributed by atoms with Crippen LogP contribution in [0.2, 0.25) is 0 Å². The number of thiophene rings is 1. The van der Waals surface area contributed by atoms with E-state index >= 15 is 0 Å². The molecule has 0 fully saturated rings. The molecule has 0 aliphatic rings. The highest BCUT2D eigenvalue weighted by atomic mass is 32.2. The van der Waals surface area contributed by atoms with E-state index in [2.05, 4.69) is 76.5 Å². The quantitative estimate of drug-likeness (QED) is 0.356. The van der Waals surface area contributed by atoms with Crippen LogP contribution in [0.4, 0.5) is 0 Å². The van der Waals surface area contributed by atoms with E-state index in [0.717, 1.165) is 27.3 Å². The van der Waals surface area contributed by atoms with Crippen molar-refractivity contribution in [1.82, 2.24) is 14.8 Å². The van der Waals surface area contributed by atoms with Crippen molar-refractivity contribution in [1.29, 1.82) is 0 Å². The molecule has 0 atom stereocenters. The predicted octanol–water partition coefficient (Wildman–Crippen LogP) is 6.41. The fraction of sp³-hybridized carbons (Fsp3) is 0.182. The van der Waals surface area contributed by atoms with Gasteiger partial charge in [0.1, 0.15) is 0 Å². The van der Waals surface area contributed by atoms with Crippen molar-refractivity contribution in [2.45, 2.75) is 30.7 Å². The number of rotatable bonds is 6. The Morgan fingerprint density at radius 1 is 0.926 bits per heavy atom. The third-order valence-corrected chi connectivity index (χ3v) is 6.27. The van der Waals surface area contributed by atoms with Gasteiger partial charge < -0.3 is 0 Å². The lowest BCUT2D eigenvalue weighted by Gasteiger charge is -2.10. The summed E-state index contributed by atoms with van der Waals surface area (Å²) in [6.07, 6.45) is 0. The van der Waals surface area contributed by atoms with Crippen LogP contribution in [-0.2, 0) is 5.75 Å². The number of nitrogens with zero attached hydrogens (tertiary/aromatic N) is 3. The summed E-state index contributed by atoms with van der Waals surface area (Å²) in [6, 6.07) is 23.3. The van der Waals surface area contributed by atoms with Crippen LogP contribution < -0.4 is 0 Å². The molecule has 4 rings (SSSR count). The van der Waals surface area contributed by atoms with Gasteiger partial charge in [0.05, 0.1) is 4.88 Å². The molecular formula is C22H21N3S2. The summed E-state index contributed by atoms with van der Waals surface area (Å²) in [4.78, 5) is 1.12. The lowest BCUT2D eigenvalue weighted by molar-refractivity contribution is 0.865. The van der Waals surface area contributed by atoms with Crippen molar-refractivity contribution in [2.75, 3.05) is 0 Å². The van der Waals surface area contributed by atoms with Gasteiger partial charge in [-0.3, -0.25) is 4.57 Å². The fourth-order valence-electron chi connectivity index (χ4n) is 2.89. The second-order valence-corrected chi connectivity index (χ2v) is 8.53. The Morgan fingerprint density at radius 2 is 1.70 bits per heavy atom. The van der Waals surface area contributed by atoms with Gasteiger partial charge in [-0.1, -0.05) is 74.1 Å². The topological polar surface area (TPSA) is 30.7 Å². The molecule has 136 valence electrons. The minimum absolute atomic E-state index is 0.557. The van der Waals surface area contributed by atoms with E-state index in [1.54, 1.807) is 23.1 Å². The molecule has 0 unspecified atom stereocenters. The summed E-state index contributed by atoms with van der Waals surface area (Å²) in [5, 5.41) is 12.0. The fourth-order valence-corrected chi connectivity index (χ4v) is 4.49. The SMILES string of the molecule is CC(C)c1ccc(CSc2nnc(-c3cccs3)n2-c2ccccc2)cc1. The normalized spacial score (nSPS) is 11.2. The van der Waals surface area contributed by atoms with E-state index in [4.69, 9.17) is 0 Å². The van der Waals surface area contributed by atoms with Gasteiger partial charge in [0.2, 0.25) is 0 Å². The lowest BCUT2D eigenvalue weighted by Crippen LogP contribution is -1.98. The molecule has 3 nitrogen and oxygen atoms in total. The summed E-state index contributed by atoms with van der Waals surface area (Å²) < 4.78 is 2.15. The van der Waals surface area contributed by atoms with E-state index in [-0.39, 0.29) is 0 Å². The standard InChI is InChI=1S/C22H21N3S2/c1-16(2)18-12-10-17(11-13-18)15-27-22-24-23-21(20-9-6-14-26-20)25(22)19-7-4-3-5-8-19/h3-14,16H,15H2,1-2H3. The summed E-state index contributed by atoms with van der Waals surface area (Å²) >= 11 is 3.41. The first kappa shape index (κ1) is 18.0. The molecule has 0 amide bonds. The molecule has 5 heteroatoms. The lowest BCUT2D eigenvalue weighted by atomic mass is 10.0. The zero-order chi connectivity index (χ0) is 18.6. The Hall–Kier alpha value is -2.37. The monoisotopic (exact) mass is 391 g/mol. The number of aromatic nitrogens is 3. The number of hydrogen-bond acceptors (Lipinski definition) is 4. The third-order valence-electron chi connectivity index (χ3n) is 4.40. The Bertz CT molecular complexity index is 988. The Balaban J connectivity index is 1.63. The van der Waals surface area contributed by atoms with Crippen LogP contribution in [0.25, 0.3) is 16.4 Å². The first-order valence-electron chi connectivity index (χ1n) is 8.98. The number of hydrogen-bond donors (Lipinski definition) is 0. The van der Waals surface area contributed by atoms with Crippen molar-refractivity contribution < 1.29 is 0 Å². The van der Waals surface area contributed by atoms with Crippen LogP contribution in [0.1, 0.15) is 30.9 Å². The van der Waals surface area contributed by atoms with Crippen molar-refractivity contribution in [3.63, 3.8) is 0 Å². The average molecular weight is 392 g/mol. The molecule has 0 bridgehead atoms. The summed E-state index contributed by atoms with van der Waals surface area (Å²) in [5.74, 6) is 2.32. The first-order chi connectivity index (χ1) is 13.2. The molecule has 27 heavy (non-hydrogen) atoms. The van der Waals surface area contributed by atoms with Gasteiger partial charge in [0.15, 0.2) is 11.0 Å². The number of thioether (sulfide) groups is 1. The summed E-state index contributed by atoms with van der Waals surface area (Å²) in [6.45, 7) is 4.44. The molecule has 0 spiro atoms. The van der Waals surface area contributed by atoms with Crippen molar-refractivity contribution in [3.05, 3.63) is 83.2 Å². The van der Waals surface area contributed by atoms with E-state index < -0.39 is 0 Å². The highest BCUT2D eigenvalue weighted by Crippen LogP contribution is 2.31. The second kappa shape index (κ2) is 8.11. The maximum atomic E-state index is 4.49. The molecule has 0 saturated carbocycles. The third kappa shape index (κ3) is 3.99. The van der Waals surface area contributed by atoms with Gasteiger partial charge in [0.25, 0.3) is 0 Å². The molecule has 0 radical (unpaired) electrons. The van der Waals surface area contributed by atoms with Crippen LogP contribution in [0, 0.1) is 0 Å². The molecule has 0 aliphatic heterocycles. The van der Waals surface area contributed by atoms with E-state index in [0.29, 0.717) is 5.92 Å². The Morgan fingerprint density at radius 3 is 2.37 bits per heavy atom. The average Bonchev–Trinajstić information content (AvgIpc) is 3.37. The molecular weight excluding hydrogens is 370 g/mol. The predicted molar refractivity (Wildman–Crippen MR) is 115 cm³/mol. The van der Waals surface area contributed by atoms with Crippen molar-refractivity contribution >= 4 is 23.1 Å². The highest BCUT2D eigenvalue weighted by molar-refractivity contribution is 7.98. The Labute approximate surface area is 168 Å². The van der Waals surface area contributed by atoms with Crippen molar-refractivity contribution in [2.24, 2.45) is 0 Å². The maximum Gasteiger partial charge on any atom is 0.196 e. The van der Waals surface area contributed by atoms with Crippen LogP contribution in [0.5, 0.6) is 0 Å². The largest absolute Gasteiger partial charge is 0.269 e. The van der Waals surface area contributed by atoms with E-state index in [1.807, 2.05) is 24.3 Å². The molecule has 0 saturated heterocycles. The van der Waals surface area contributed by atoms with Crippen LogP contribution in [0.3, 0.4) is 0 Å². The van der Waals surface area contributed by atoms with Crippen LogP contribution in [0.15, 0.2) is 77.3 Å². The van der Waals surface area contributed by atoms with Gasteiger partial charge in [0, 0.05) is 11.4 Å². The van der Waals surface area contributed by atoms with Crippen molar-refractivity contribution in [3.8, 4) is 16.4 Å². The second-order valence-electron chi connectivity index (χ2n) is 6.64. The smallest absolute Gasteiger partial charge is 0.196 e. The van der Waals surface area contributed by atoms with E-state index in [1.165, 1.54) is 11.1 Å². The Kier molecular flexibility index (Phi) is 5.41. The molecule has 0 N–H and O–H groups in total. The molecule has 4 aromatic rings. The van der Waals surface area contributed by atoms with Gasteiger partial charge in [-0.15, -0.1) is 21.5 Å². The van der Waals surface area contributed by atoms with Gasteiger partial charge in [-0.05, 0) is 40.6 Å². The molecule has 2 aromatic carbocycles. The summed E-state index contributed by atoms with van der Waals surface area (Å²) in [5.41, 5.74) is 3.75. The first-order valence-corrected chi connectivity index (χ1v) is 10.9. The molecule has 2 heterocycles. The van der Waals surface area contributed by atoms with Gasteiger partial charge >= 0.3 is 0 Å². The number of para-hydroxylation sites is 1. The maximum absolute atomic E-state index is 4.49. The van der Waals surface area contributed by atoms with Gasteiger partial charge in [-0.2, -0.15) is 0 Å². The van der Waals surface area contributed by atoms with Crippen LogP contribution >= 0.6 is 23.1 Å². The highest BCUT2D eigenvalue weighted by Gasteiger charge is 2.16. The minimum Gasteiger partial charge on any atom is -0.269 e. The van der Waals surface area contributed by atoms with E-state index in [9.17, 15) is 0 Å². The van der Waals surface area contributed by atoms with Gasteiger partial charge in [-0.25, -0.2) is 0 Å². The minimum atomic E-state index is 0.557.